The molecular weight excluding hydrogens is 378 g/mol. The first kappa shape index (κ1) is 18.6. The predicted molar refractivity (Wildman–Crippen MR) is 83.8 cm³/mol. The molecule has 1 heterocycles. The van der Waals surface area contributed by atoms with E-state index in [2.05, 4.69) is 20.7 Å². The van der Waals surface area contributed by atoms with Gasteiger partial charge < -0.3 is 19.8 Å². The summed E-state index contributed by atoms with van der Waals surface area (Å²) in [6.45, 7) is 7.36. The topological polar surface area (TPSA) is 53.7 Å². The minimum Gasteiger partial charge on any atom is -0.405 e. The van der Waals surface area contributed by atoms with E-state index in [1.807, 2.05) is 27.7 Å². The van der Waals surface area contributed by atoms with Crippen LogP contribution in [0.5, 0.6) is 5.75 Å². The van der Waals surface area contributed by atoms with Crippen LogP contribution in [-0.4, -0.2) is 24.7 Å². The number of benzene rings is 1. The fourth-order valence-electron chi connectivity index (χ4n) is 2.18. The number of halogens is 4. The van der Waals surface area contributed by atoms with Gasteiger partial charge >= 0.3 is 13.5 Å². The third-order valence-electron chi connectivity index (χ3n) is 4.12. The molecule has 2 rings (SSSR count). The summed E-state index contributed by atoms with van der Waals surface area (Å²) in [7, 11) is -0.884. The summed E-state index contributed by atoms with van der Waals surface area (Å²) >= 11 is 3.22. The molecule has 1 aliphatic heterocycles. The molecule has 1 aromatic rings. The Morgan fingerprint density at radius 2 is 1.70 bits per heavy atom. The van der Waals surface area contributed by atoms with Crippen LogP contribution >= 0.6 is 15.9 Å². The van der Waals surface area contributed by atoms with Gasteiger partial charge in [-0.15, -0.1) is 13.2 Å². The van der Waals surface area contributed by atoms with E-state index in [1.54, 1.807) is 0 Å². The van der Waals surface area contributed by atoms with E-state index in [9.17, 15) is 13.2 Å². The Kier molecular flexibility index (Phi) is 4.80. The van der Waals surface area contributed by atoms with Crippen molar-refractivity contribution in [2.24, 2.45) is 5.73 Å². The molecule has 0 unspecified atom stereocenters. The summed E-state index contributed by atoms with van der Waals surface area (Å²) in [5, 5.41) is 0. The average molecular weight is 396 g/mol. The first-order valence-corrected chi connectivity index (χ1v) is 7.78. The molecule has 0 radical (unpaired) electrons. The molecule has 2 N–H and O–H groups in total. The Hall–Kier alpha value is -0.765. The van der Waals surface area contributed by atoms with Gasteiger partial charge in [0.25, 0.3) is 0 Å². The number of ether oxygens (including phenoxy) is 1. The van der Waals surface area contributed by atoms with E-state index in [0.717, 1.165) is 0 Å². The Morgan fingerprint density at radius 1 is 1.17 bits per heavy atom. The zero-order valence-electron chi connectivity index (χ0n) is 13.2. The highest BCUT2D eigenvalue weighted by molar-refractivity contribution is 9.10. The monoisotopic (exact) mass is 395 g/mol. The summed E-state index contributed by atoms with van der Waals surface area (Å²) in [6, 6.07) is 4.12. The lowest BCUT2D eigenvalue weighted by Gasteiger charge is -2.32. The number of hydrogen-bond donors (Lipinski definition) is 1. The standard InChI is InChI=1S/C14H18BBrF3NO3/c1-12(2)13(3,4)23-15(22-12)11(20)9-7-8(16)5-6-10(9)21-14(17,18)19/h5-7,11H,20H2,1-4H3/t11-/m0/s1. The van der Waals surface area contributed by atoms with E-state index in [1.165, 1.54) is 18.2 Å². The van der Waals surface area contributed by atoms with E-state index >= 15 is 0 Å². The molecule has 23 heavy (non-hydrogen) atoms. The van der Waals surface area contributed by atoms with Crippen LogP contribution in [0.3, 0.4) is 0 Å². The molecule has 1 fully saturated rings. The molecule has 0 spiro atoms. The molecule has 9 heteroatoms. The lowest BCUT2D eigenvalue weighted by molar-refractivity contribution is -0.274. The van der Waals surface area contributed by atoms with Crippen molar-refractivity contribution in [3.05, 3.63) is 28.2 Å². The second kappa shape index (κ2) is 5.95. The summed E-state index contributed by atoms with van der Waals surface area (Å²) < 4.78 is 54.0. The van der Waals surface area contributed by atoms with Gasteiger partial charge in [-0.1, -0.05) is 15.9 Å². The Morgan fingerprint density at radius 3 is 2.17 bits per heavy atom. The fraction of sp³-hybridized carbons (Fsp3) is 0.571. The lowest BCUT2D eigenvalue weighted by Crippen LogP contribution is -2.41. The maximum absolute atomic E-state index is 12.6. The molecule has 1 saturated heterocycles. The van der Waals surface area contributed by atoms with Crippen molar-refractivity contribution < 1.29 is 27.2 Å². The highest BCUT2D eigenvalue weighted by Gasteiger charge is 2.54. The highest BCUT2D eigenvalue weighted by Crippen LogP contribution is 2.41. The van der Waals surface area contributed by atoms with Crippen molar-refractivity contribution in [3.8, 4) is 5.75 Å². The zero-order chi connectivity index (χ0) is 17.6. The number of nitrogens with two attached hydrogens (primary N) is 1. The molecule has 0 aromatic heterocycles. The van der Waals surface area contributed by atoms with Crippen LogP contribution in [0, 0.1) is 0 Å². The molecule has 4 nitrogen and oxygen atoms in total. The third-order valence-corrected chi connectivity index (χ3v) is 4.61. The minimum absolute atomic E-state index is 0.148. The second-order valence-electron chi connectivity index (χ2n) is 6.38. The van der Waals surface area contributed by atoms with Crippen LogP contribution in [0.25, 0.3) is 0 Å². The third kappa shape index (κ3) is 4.02. The van der Waals surface area contributed by atoms with E-state index < -0.39 is 30.6 Å². The van der Waals surface area contributed by atoms with Gasteiger partial charge in [-0.3, -0.25) is 0 Å². The van der Waals surface area contributed by atoms with Crippen LogP contribution in [0.1, 0.15) is 39.2 Å². The molecule has 0 amide bonds. The Labute approximate surface area is 141 Å². The van der Waals surface area contributed by atoms with E-state index in [-0.39, 0.29) is 11.3 Å². The van der Waals surface area contributed by atoms with Gasteiger partial charge in [0.05, 0.1) is 17.1 Å². The second-order valence-corrected chi connectivity index (χ2v) is 7.30. The molecule has 0 aliphatic carbocycles. The fourth-order valence-corrected chi connectivity index (χ4v) is 2.56. The van der Waals surface area contributed by atoms with Gasteiger partial charge in [-0.25, -0.2) is 0 Å². The van der Waals surface area contributed by atoms with Crippen molar-refractivity contribution in [3.63, 3.8) is 0 Å². The van der Waals surface area contributed by atoms with Gasteiger partial charge in [0.2, 0.25) is 0 Å². The van der Waals surface area contributed by atoms with Crippen molar-refractivity contribution >= 4 is 23.0 Å². The summed E-state index contributed by atoms with van der Waals surface area (Å²) in [5.74, 6) is -1.31. The molecule has 1 aliphatic rings. The summed E-state index contributed by atoms with van der Waals surface area (Å²) in [6.07, 6.45) is -4.81. The van der Waals surface area contributed by atoms with Crippen LogP contribution in [0.15, 0.2) is 22.7 Å². The quantitative estimate of drug-likeness (QED) is 0.786. The van der Waals surface area contributed by atoms with Gasteiger partial charge in [0.1, 0.15) is 5.75 Å². The smallest absolute Gasteiger partial charge is 0.405 e. The average Bonchev–Trinajstić information content (AvgIpc) is 2.58. The van der Waals surface area contributed by atoms with E-state index in [4.69, 9.17) is 15.0 Å². The first-order chi connectivity index (χ1) is 10.3. The zero-order valence-corrected chi connectivity index (χ0v) is 14.8. The Balaban J connectivity index is 2.33. The van der Waals surface area contributed by atoms with Gasteiger partial charge in [-0.2, -0.15) is 0 Å². The molecule has 1 atom stereocenters. The van der Waals surface area contributed by atoms with Crippen molar-refractivity contribution in [2.45, 2.75) is 51.2 Å². The highest BCUT2D eigenvalue weighted by atomic mass is 79.9. The maximum Gasteiger partial charge on any atom is 0.573 e. The van der Waals surface area contributed by atoms with Crippen LogP contribution in [0.4, 0.5) is 13.2 Å². The first-order valence-electron chi connectivity index (χ1n) is 6.99. The summed E-state index contributed by atoms with van der Waals surface area (Å²) in [5.41, 5.74) is 5.00. The lowest BCUT2D eigenvalue weighted by atomic mass is 9.74. The molecule has 128 valence electrons. The summed E-state index contributed by atoms with van der Waals surface area (Å²) in [4.78, 5) is 0. The molecule has 0 saturated carbocycles. The van der Waals surface area contributed by atoms with Crippen molar-refractivity contribution in [1.82, 2.24) is 0 Å². The van der Waals surface area contributed by atoms with Crippen molar-refractivity contribution in [2.75, 3.05) is 0 Å². The Bertz CT molecular complexity index is 579. The molecular formula is C14H18BBrF3NO3. The number of alkyl halides is 3. The SMILES string of the molecule is CC1(C)OB([C@@H](N)c2cc(Br)ccc2OC(F)(F)F)OC1(C)C. The predicted octanol–water partition coefficient (Wildman–Crippen LogP) is 3.98. The van der Waals surface area contributed by atoms with Gasteiger partial charge in [0.15, 0.2) is 0 Å². The van der Waals surface area contributed by atoms with Crippen LogP contribution in [0.2, 0.25) is 0 Å². The molecule has 0 bridgehead atoms. The maximum atomic E-state index is 12.6. The van der Waals surface area contributed by atoms with Crippen molar-refractivity contribution in [1.29, 1.82) is 0 Å². The van der Waals surface area contributed by atoms with Crippen LogP contribution in [-0.2, 0) is 9.31 Å². The van der Waals surface area contributed by atoms with Crippen LogP contribution < -0.4 is 10.5 Å². The minimum atomic E-state index is -4.81. The van der Waals surface area contributed by atoms with Gasteiger partial charge in [0, 0.05) is 10.0 Å². The van der Waals surface area contributed by atoms with Gasteiger partial charge in [-0.05, 0) is 45.9 Å². The number of hydrogen-bond acceptors (Lipinski definition) is 4. The number of rotatable bonds is 3. The van der Waals surface area contributed by atoms with E-state index in [0.29, 0.717) is 4.47 Å². The largest absolute Gasteiger partial charge is 0.573 e. The normalized spacial score (nSPS) is 21.3. The molecule has 1 aromatic carbocycles.